The lowest BCUT2D eigenvalue weighted by Crippen LogP contribution is -2.61. The topological polar surface area (TPSA) is 246 Å². The van der Waals surface area contributed by atoms with Crippen LogP contribution in [-0.2, 0) is 20.9 Å². The predicted molar refractivity (Wildman–Crippen MR) is 172 cm³/mol. The molecule has 51 heavy (non-hydrogen) atoms. The SMILES string of the molecule is COc1ccc([C@H]2[C@H](CO)C(=O)N2c2cc(OC)c(OC)c(OC)c2)cc1OCc1ccc(O[C@@H]2O[C@H](C(=O)O)[C@@H](O)[C@H](O)[C@H]2O)c([N+](=O)[O-])c1. The first-order chi connectivity index (χ1) is 24.4. The highest BCUT2D eigenvalue weighted by Gasteiger charge is 2.50. The van der Waals surface area contributed by atoms with E-state index in [-0.39, 0.29) is 23.8 Å². The standard InChI is InChI=1S/C33H36N2O16/c1-45-21-8-6-16(25-18(13-36)31(40)34(25)17-11-23(46-2)29(48-4)24(12-17)47-3)10-22(21)49-14-15-5-7-20(19(9-15)35(43)44)50-33-28(39)26(37)27(38)30(51-33)32(41)42/h5-12,18,25-28,30,33,36-39H,13-14H2,1-4H3,(H,41,42)/t18-,25-,26-,27-,28+,30-,33+/m0/s1. The largest absolute Gasteiger partial charge is 0.493 e. The molecule has 2 aliphatic heterocycles. The molecule has 7 atom stereocenters. The van der Waals surface area contributed by atoms with Crippen molar-refractivity contribution in [3.8, 4) is 34.5 Å². The number of rotatable bonds is 14. The number of aliphatic hydroxyl groups excluding tert-OH is 4. The summed E-state index contributed by atoms with van der Waals surface area (Å²) in [6.45, 7) is -0.663. The Kier molecular flexibility index (Phi) is 11.0. The van der Waals surface area contributed by atoms with Gasteiger partial charge in [0.2, 0.25) is 17.9 Å². The van der Waals surface area contributed by atoms with Crippen LogP contribution in [0.5, 0.6) is 34.5 Å². The van der Waals surface area contributed by atoms with Crippen LogP contribution in [0.15, 0.2) is 48.5 Å². The van der Waals surface area contributed by atoms with Crippen molar-refractivity contribution < 1.29 is 73.2 Å². The van der Waals surface area contributed by atoms with Crippen LogP contribution in [0, 0.1) is 16.0 Å². The van der Waals surface area contributed by atoms with Crippen molar-refractivity contribution in [2.24, 2.45) is 5.92 Å². The number of methoxy groups -OCH3 is 4. The Morgan fingerprint density at radius 2 is 1.51 bits per heavy atom. The summed E-state index contributed by atoms with van der Waals surface area (Å²) in [5.74, 6) is -1.72. The average molecular weight is 717 g/mol. The van der Waals surface area contributed by atoms with Gasteiger partial charge in [0.15, 0.2) is 34.9 Å². The van der Waals surface area contributed by atoms with Gasteiger partial charge in [0, 0.05) is 18.2 Å². The van der Waals surface area contributed by atoms with Crippen LogP contribution >= 0.6 is 0 Å². The highest BCUT2D eigenvalue weighted by molar-refractivity contribution is 6.04. The second-order valence-electron chi connectivity index (χ2n) is 11.4. The number of nitrogens with zero attached hydrogens (tertiary/aromatic N) is 2. The number of nitro groups is 1. The maximum atomic E-state index is 13.2. The maximum absolute atomic E-state index is 13.2. The lowest BCUT2D eigenvalue weighted by molar-refractivity contribution is -0.387. The molecule has 2 fully saturated rings. The van der Waals surface area contributed by atoms with Gasteiger partial charge in [0.05, 0.1) is 57.6 Å². The monoisotopic (exact) mass is 716 g/mol. The van der Waals surface area contributed by atoms with E-state index in [4.69, 9.17) is 33.2 Å². The summed E-state index contributed by atoms with van der Waals surface area (Å²) in [7, 11) is 5.75. The number of benzene rings is 3. The first kappa shape index (κ1) is 36.9. The van der Waals surface area contributed by atoms with Crippen molar-refractivity contribution >= 4 is 23.3 Å². The van der Waals surface area contributed by atoms with Crippen molar-refractivity contribution in [1.82, 2.24) is 0 Å². The Morgan fingerprint density at radius 1 is 0.863 bits per heavy atom. The zero-order chi connectivity index (χ0) is 37.1. The highest BCUT2D eigenvalue weighted by atomic mass is 16.7. The molecule has 0 bridgehead atoms. The molecule has 274 valence electrons. The lowest BCUT2D eigenvalue weighted by Gasteiger charge is -2.47. The molecule has 0 saturated carbocycles. The number of amides is 1. The predicted octanol–water partition coefficient (Wildman–Crippen LogP) is 1.18. The molecular formula is C33H36N2O16. The normalized spacial score (nSPS) is 24.3. The minimum absolute atomic E-state index is 0.213. The summed E-state index contributed by atoms with van der Waals surface area (Å²) in [4.78, 5) is 37.3. The van der Waals surface area contributed by atoms with Crippen molar-refractivity contribution in [3.63, 3.8) is 0 Å². The average Bonchev–Trinajstić information content (AvgIpc) is 3.12. The fourth-order valence-electron chi connectivity index (χ4n) is 5.92. The number of hydrogen-bond donors (Lipinski definition) is 5. The van der Waals surface area contributed by atoms with Crippen LogP contribution in [0.2, 0.25) is 0 Å². The summed E-state index contributed by atoms with van der Waals surface area (Å²) in [5.41, 5.74) is 0.690. The van der Waals surface area contributed by atoms with Crippen LogP contribution in [-0.4, -0.2) is 108 Å². The second kappa shape index (κ2) is 15.2. The van der Waals surface area contributed by atoms with Gasteiger partial charge in [-0.1, -0.05) is 12.1 Å². The molecule has 0 aromatic heterocycles. The molecule has 0 unspecified atom stereocenters. The number of carbonyl (C=O) groups is 2. The van der Waals surface area contributed by atoms with Crippen molar-refractivity contribution in [1.29, 1.82) is 0 Å². The van der Waals surface area contributed by atoms with Crippen LogP contribution in [0.3, 0.4) is 0 Å². The van der Waals surface area contributed by atoms with E-state index in [9.17, 15) is 45.2 Å². The van der Waals surface area contributed by atoms with Gasteiger partial charge in [-0.15, -0.1) is 0 Å². The number of carboxylic acids is 1. The van der Waals surface area contributed by atoms with Gasteiger partial charge in [0.25, 0.3) is 0 Å². The van der Waals surface area contributed by atoms with E-state index in [1.807, 2.05) is 0 Å². The Morgan fingerprint density at radius 3 is 2.08 bits per heavy atom. The molecular weight excluding hydrogens is 680 g/mol. The minimum atomic E-state index is -1.97. The van der Waals surface area contributed by atoms with Gasteiger partial charge in [-0.05, 0) is 29.3 Å². The summed E-state index contributed by atoms with van der Waals surface area (Å²) in [6, 6.07) is 11.2. The lowest BCUT2D eigenvalue weighted by atomic mass is 9.82. The van der Waals surface area contributed by atoms with Crippen molar-refractivity contribution in [3.05, 3.63) is 69.8 Å². The van der Waals surface area contributed by atoms with Gasteiger partial charge in [0.1, 0.15) is 24.9 Å². The smallest absolute Gasteiger partial charge is 0.335 e. The number of aliphatic carboxylic acids is 1. The van der Waals surface area contributed by atoms with Gasteiger partial charge >= 0.3 is 11.7 Å². The number of β-lactam (4-membered cyclic amide) rings is 1. The second-order valence-corrected chi connectivity index (χ2v) is 11.4. The number of carbonyl (C=O) groups excluding carboxylic acids is 1. The zero-order valence-electron chi connectivity index (χ0n) is 27.7. The third-order valence-corrected chi connectivity index (χ3v) is 8.54. The third-order valence-electron chi connectivity index (χ3n) is 8.54. The van der Waals surface area contributed by atoms with Crippen LogP contribution < -0.4 is 33.3 Å². The first-order valence-electron chi connectivity index (χ1n) is 15.3. The Bertz CT molecular complexity index is 1760. The molecule has 0 radical (unpaired) electrons. The molecule has 2 heterocycles. The van der Waals surface area contributed by atoms with E-state index in [1.165, 1.54) is 45.5 Å². The molecule has 1 amide bonds. The first-order valence-corrected chi connectivity index (χ1v) is 15.3. The van der Waals surface area contributed by atoms with E-state index in [0.29, 0.717) is 34.2 Å². The molecule has 5 N–H and O–H groups in total. The summed E-state index contributed by atoms with van der Waals surface area (Å²) >= 11 is 0. The molecule has 0 aliphatic carbocycles. The number of anilines is 1. The molecule has 18 heteroatoms. The fourth-order valence-corrected chi connectivity index (χ4v) is 5.92. The summed E-state index contributed by atoms with van der Waals surface area (Å²) in [5, 5.41) is 61.7. The number of carboxylic acid groups (broad SMARTS) is 1. The van der Waals surface area contributed by atoms with E-state index >= 15 is 0 Å². The van der Waals surface area contributed by atoms with Crippen LogP contribution in [0.1, 0.15) is 17.2 Å². The number of ether oxygens (including phenoxy) is 7. The van der Waals surface area contributed by atoms with Gasteiger partial charge in [-0.3, -0.25) is 14.9 Å². The number of aliphatic hydroxyl groups is 4. The van der Waals surface area contributed by atoms with E-state index < -0.39 is 71.6 Å². The Balaban J connectivity index is 1.40. The van der Waals surface area contributed by atoms with E-state index in [1.54, 1.807) is 30.3 Å². The van der Waals surface area contributed by atoms with Gasteiger partial charge < -0.3 is 63.6 Å². The Hall–Kier alpha value is -5.40. The molecule has 2 saturated heterocycles. The van der Waals surface area contributed by atoms with E-state index in [2.05, 4.69) is 0 Å². The molecule has 5 rings (SSSR count). The fraction of sp³-hybridized carbons (Fsp3) is 0.394. The molecule has 3 aromatic carbocycles. The van der Waals surface area contributed by atoms with Crippen LogP contribution in [0.4, 0.5) is 11.4 Å². The van der Waals surface area contributed by atoms with E-state index in [0.717, 1.165) is 6.07 Å². The number of hydrogen-bond acceptors (Lipinski definition) is 15. The van der Waals surface area contributed by atoms with Gasteiger partial charge in [-0.25, -0.2) is 4.79 Å². The highest BCUT2D eigenvalue weighted by Crippen LogP contribution is 2.49. The molecule has 0 spiro atoms. The zero-order valence-corrected chi connectivity index (χ0v) is 27.7. The van der Waals surface area contributed by atoms with Crippen molar-refractivity contribution in [2.75, 3.05) is 39.9 Å². The Labute approximate surface area is 290 Å². The minimum Gasteiger partial charge on any atom is -0.493 e. The maximum Gasteiger partial charge on any atom is 0.335 e. The number of nitro benzene ring substituents is 1. The third kappa shape index (κ3) is 6.99. The van der Waals surface area contributed by atoms with Gasteiger partial charge in [-0.2, -0.15) is 0 Å². The quantitative estimate of drug-likeness (QED) is 0.0893. The van der Waals surface area contributed by atoms with Crippen molar-refractivity contribution in [2.45, 2.75) is 43.4 Å². The summed E-state index contributed by atoms with van der Waals surface area (Å²) in [6.07, 6.45) is -9.70. The van der Waals surface area contributed by atoms with Crippen LogP contribution in [0.25, 0.3) is 0 Å². The summed E-state index contributed by atoms with van der Waals surface area (Å²) < 4.78 is 38.3. The molecule has 18 nitrogen and oxygen atoms in total. The molecule has 2 aliphatic rings. The molecule has 3 aromatic rings.